The van der Waals surface area contributed by atoms with Crippen LogP contribution in [0.1, 0.15) is 328 Å². The quantitative estimate of drug-likeness (QED) is 0.0204. The van der Waals surface area contributed by atoms with Crippen LogP contribution in [0.5, 0.6) is 0 Å². The molecule has 2 fully saturated rings. The summed E-state index contributed by atoms with van der Waals surface area (Å²) in [5.74, 6) is -0.244. The first-order chi connectivity index (χ1) is 43.6. The van der Waals surface area contributed by atoms with Crippen LogP contribution in [-0.4, -0.2) is 140 Å². The zero-order valence-corrected chi connectivity index (χ0v) is 56.9. The van der Waals surface area contributed by atoms with Gasteiger partial charge in [-0.3, -0.25) is 4.79 Å². The molecule has 0 aromatic rings. The van der Waals surface area contributed by atoms with Crippen LogP contribution in [0.4, 0.5) is 0 Å². The minimum absolute atomic E-state index is 0.244. The molecule has 0 saturated carbocycles. The fourth-order valence-corrected chi connectivity index (χ4v) is 12.3. The molecule has 14 nitrogen and oxygen atoms in total. The zero-order chi connectivity index (χ0) is 64.5. The van der Waals surface area contributed by atoms with Crippen molar-refractivity contribution in [3.8, 4) is 0 Å². The topological polar surface area (TPSA) is 228 Å². The van der Waals surface area contributed by atoms with Gasteiger partial charge in [-0.15, -0.1) is 0 Å². The average molecular weight is 1260 g/mol. The van der Waals surface area contributed by atoms with Gasteiger partial charge in [0.15, 0.2) is 12.6 Å². The molecule has 0 aromatic carbocycles. The van der Waals surface area contributed by atoms with Crippen molar-refractivity contribution < 1.29 is 64.6 Å². The SMILES string of the molecule is CCCCCCC/C=C\C/C=C\CCCCCCCCCCCCCCCCCCCCCC(=O)NC(COC1OC(CO)C(OC2OC(CO)C(O)C(O)C2O)C(O)C1O)C(O)/C=C/CC/C=C/CCCCCCCCCCCCCCCCCCCC. The maximum atomic E-state index is 13.4. The highest BCUT2D eigenvalue weighted by Gasteiger charge is 2.51. The molecule has 12 atom stereocenters. The van der Waals surface area contributed by atoms with Crippen molar-refractivity contribution >= 4 is 5.91 Å². The van der Waals surface area contributed by atoms with Crippen molar-refractivity contribution in [1.82, 2.24) is 5.32 Å². The number of aliphatic hydroxyl groups is 8. The van der Waals surface area contributed by atoms with Crippen LogP contribution in [0.2, 0.25) is 0 Å². The second-order valence-corrected chi connectivity index (χ2v) is 26.4. The van der Waals surface area contributed by atoms with E-state index in [0.717, 1.165) is 38.5 Å². The number of amides is 1. The molecule has 12 unspecified atom stereocenters. The van der Waals surface area contributed by atoms with Crippen LogP contribution < -0.4 is 5.32 Å². The molecule has 0 bridgehead atoms. The lowest BCUT2D eigenvalue weighted by molar-refractivity contribution is -0.359. The Kier molecular flexibility index (Phi) is 55.7. The third-order valence-electron chi connectivity index (χ3n) is 18.2. The minimum Gasteiger partial charge on any atom is -0.394 e. The fourth-order valence-electron chi connectivity index (χ4n) is 12.3. The van der Waals surface area contributed by atoms with Crippen LogP contribution in [-0.2, 0) is 23.7 Å². The van der Waals surface area contributed by atoms with Gasteiger partial charge in [0.2, 0.25) is 5.91 Å². The lowest BCUT2D eigenvalue weighted by atomic mass is 9.97. The van der Waals surface area contributed by atoms with E-state index in [-0.39, 0.29) is 18.9 Å². The van der Waals surface area contributed by atoms with Crippen LogP contribution in [0.3, 0.4) is 0 Å². The number of unbranched alkanes of at least 4 members (excludes halogenated alkanes) is 43. The van der Waals surface area contributed by atoms with E-state index in [1.807, 2.05) is 6.08 Å². The van der Waals surface area contributed by atoms with E-state index in [4.69, 9.17) is 18.9 Å². The summed E-state index contributed by atoms with van der Waals surface area (Å²) in [5, 5.41) is 87.5. The third kappa shape index (κ3) is 43.5. The van der Waals surface area contributed by atoms with Gasteiger partial charge in [-0.05, 0) is 64.2 Å². The molecule has 2 aliphatic heterocycles. The summed E-state index contributed by atoms with van der Waals surface area (Å²) in [4.78, 5) is 13.4. The molecule has 0 aromatic heterocycles. The van der Waals surface area contributed by atoms with Gasteiger partial charge in [-0.2, -0.15) is 0 Å². The smallest absolute Gasteiger partial charge is 0.220 e. The van der Waals surface area contributed by atoms with E-state index in [1.54, 1.807) is 6.08 Å². The van der Waals surface area contributed by atoms with E-state index in [1.165, 1.54) is 257 Å². The Bertz CT molecular complexity index is 1680. The molecule has 2 heterocycles. The standard InChI is InChI=1S/C75H139NO13/c1-3-5-7-9-11-13-15-17-19-21-23-25-27-29-30-31-32-33-34-35-37-39-41-43-45-47-49-51-53-55-57-59-67(80)76-63(62-86-74-72(85)70(83)73(66(61-78)88-74)89-75-71(84)69(82)68(81)65(60-77)87-75)64(79)58-56-54-52-50-48-46-44-42-40-38-36-28-26-24-22-20-18-16-14-12-10-8-6-4-2/h15,17,21,23,48,50,56,58,63-66,68-75,77-79,81-85H,3-14,16,18-20,22,24-47,49,51-55,57,59-62H2,1-2H3,(H,76,80)/b17-15-,23-21-,50-48+,58-56+. The molecule has 1 amide bonds. The van der Waals surface area contributed by atoms with Crippen molar-refractivity contribution in [2.75, 3.05) is 19.8 Å². The molecule has 0 aliphatic carbocycles. The van der Waals surface area contributed by atoms with Crippen molar-refractivity contribution in [3.05, 3.63) is 48.6 Å². The highest BCUT2D eigenvalue weighted by Crippen LogP contribution is 2.30. The Morgan fingerprint density at radius 3 is 1.17 bits per heavy atom. The Hall–Kier alpha value is -2.05. The maximum Gasteiger partial charge on any atom is 0.220 e. The first-order valence-corrected chi connectivity index (χ1v) is 37.4. The van der Waals surface area contributed by atoms with Gasteiger partial charge in [0.25, 0.3) is 0 Å². The van der Waals surface area contributed by atoms with E-state index >= 15 is 0 Å². The first kappa shape index (κ1) is 83.0. The van der Waals surface area contributed by atoms with Crippen molar-refractivity contribution in [2.24, 2.45) is 0 Å². The predicted molar refractivity (Wildman–Crippen MR) is 364 cm³/mol. The Labute approximate surface area is 543 Å². The summed E-state index contributed by atoms with van der Waals surface area (Å²) < 4.78 is 22.9. The zero-order valence-electron chi connectivity index (χ0n) is 56.9. The Morgan fingerprint density at radius 2 is 0.753 bits per heavy atom. The Morgan fingerprint density at radius 1 is 0.404 bits per heavy atom. The summed E-state index contributed by atoms with van der Waals surface area (Å²) >= 11 is 0. The van der Waals surface area contributed by atoms with E-state index in [2.05, 4.69) is 55.6 Å². The van der Waals surface area contributed by atoms with E-state index in [9.17, 15) is 45.6 Å². The second kappa shape index (κ2) is 59.7. The van der Waals surface area contributed by atoms with Gasteiger partial charge in [0.05, 0.1) is 32.0 Å². The third-order valence-corrected chi connectivity index (χ3v) is 18.2. The molecule has 2 aliphatic rings. The van der Waals surface area contributed by atoms with Gasteiger partial charge in [0.1, 0.15) is 48.8 Å². The number of hydrogen-bond donors (Lipinski definition) is 9. The molecule has 9 N–H and O–H groups in total. The largest absolute Gasteiger partial charge is 0.394 e. The average Bonchev–Trinajstić information content (AvgIpc) is 2.53. The van der Waals surface area contributed by atoms with Crippen molar-refractivity contribution in [2.45, 2.75) is 402 Å². The summed E-state index contributed by atoms with van der Waals surface area (Å²) in [5.41, 5.74) is 0. The first-order valence-electron chi connectivity index (χ1n) is 37.4. The monoisotopic (exact) mass is 1260 g/mol. The van der Waals surface area contributed by atoms with Gasteiger partial charge < -0.3 is 65.1 Å². The van der Waals surface area contributed by atoms with Gasteiger partial charge in [-0.25, -0.2) is 0 Å². The summed E-state index contributed by atoms with van der Waals surface area (Å²) in [6, 6.07) is -0.933. The summed E-state index contributed by atoms with van der Waals surface area (Å²) in [6.45, 7) is 2.82. The molecule has 14 heteroatoms. The van der Waals surface area contributed by atoms with Crippen LogP contribution in [0.15, 0.2) is 48.6 Å². The number of carbonyl (C=O) groups is 1. The number of ether oxygens (including phenoxy) is 4. The molecule has 89 heavy (non-hydrogen) atoms. The van der Waals surface area contributed by atoms with Crippen LogP contribution in [0, 0.1) is 0 Å². The maximum absolute atomic E-state index is 13.4. The van der Waals surface area contributed by atoms with Gasteiger partial charge >= 0.3 is 0 Å². The fraction of sp³-hybridized carbons (Fsp3) is 0.880. The molecule has 0 spiro atoms. The lowest BCUT2D eigenvalue weighted by Crippen LogP contribution is -2.65. The normalized spacial score (nSPS) is 23.3. The lowest BCUT2D eigenvalue weighted by Gasteiger charge is -2.46. The molecular weight excluding hydrogens is 1120 g/mol. The molecule has 2 rings (SSSR count). The summed E-state index contributed by atoms with van der Waals surface area (Å²) in [7, 11) is 0. The number of rotatable bonds is 62. The Balaban J connectivity index is 1.66. The van der Waals surface area contributed by atoms with E-state index in [0.29, 0.717) is 12.8 Å². The number of aliphatic hydroxyl groups excluding tert-OH is 8. The highest BCUT2D eigenvalue weighted by atomic mass is 16.7. The number of hydrogen-bond acceptors (Lipinski definition) is 13. The second-order valence-electron chi connectivity index (χ2n) is 26.4. The van der Waals surface area contributed by atoms with Crippen molar-refractivity contribution in [3.63, 3.8) is 0 Å². The molecule has 0 radical (unpaired) electrons. The van der Waals surface area contributed by atoms with E-state index < -0.39 is 86.8 Å². The minimum atomic E-state index is -1.79. The number of allylic oxidation sites excluding steroid dienone is 7. The highest BCUT2D eigenvalue weighted by molar-refractivity contribution is 5.76. The van der Waals surface area contributed by atoms with Crippen molar-refractivity contribution in [1.29, 1.82) is 0 Å². The number of nitrogens with one attached hydrogen (secondary N) is 1. The molecule has 522 valence electrons. The number of carbonyl (C=O) groups excluding carboxylic acids is 1. The molecule has 2 saturated heterocycles. The van der Waals surface area contributed by atoms with Gasteiger partial charge in [-0.1, -0.05) is 306 Å². The summed E-state index contributed by atoms with van der Waals surface area (Å²) in [6.07, 6.45) is 61.8. The molecular formula is C75H139NO13. The van der Waals surface area contributed by atoms with Crippen LogP contribution in [0.25, 0.3) is 0 Å². The van der Waals surface area contributed by atoms with Gasteiger partial charge in [0, 0.05) is 6.42 Å². The predicted octanol–water partition coefficient (Wildman–Crippen LogP) is 15.9. The van der Waals surface area contributed by atoms with Crippen LogP contribution >= 0.6 is 0 Å².